The number of aromatic nitrogens is 2. The van der Waals surface area contributed by atoms with E-state index < -0.39 is 10.0 Å². The Hall–Kier alpha value is -3.88. The van der Waals surface area contributed by atoms with Gasteiger partial charge < -0.3 is 10.3 Å². The van der Waals surface area contributed by atoms with E-state index in [4.69, 9.17) is 11.6 Å². The number of carbonyl (C=O) groups excluding carboxylic acids is 1. The lowest BCUT2D eigenvalue weighted by atomic mass is 10.0. The molecule has 1 amide bonds. The number of rotatable bonds is 5. The molecule has 0 unspecified atom stereocenters. The van der Waals surface area contributed by atoms with Crippen LogP contribution in [0.4, 0.5) is 11.4 Å². The Morgan fingerprint density at radius 1 is 0.941 bits per heavy atom. The Morgan fingerprint density at radius 2 is 1.74 bits per heavy atom. The highest BCUT2D eigenvalue weighted by Gasteiger charge is 2.14. The van der Waals surface area contributed by atoms with E-state index in [1.54, 1.807) is 48.7 Å². The maximum absolute atomic E-state index is 12.9. The molecule has 0 spiro atoms. The number of pyridine rings is 1. The van der Waals surface area contributed by atoms with Crippen LogP contribution < -0.4 is 10.0 Å². The van der Waals surface area contributed by atoms with Crippen molar-refractivity contribution in [2.24, 2.45) is 0 Å². The number of sulfonamides is 1. The van der Waals surface area contributed by atoms with E-state index in [1.165, 1.54) is 0 Å². The van der Waals surface area contributed by atoms with Gasteiger partial charge in [-0.2, -0.15) is 0 Å². The van der Waals surface area contributed by atoms with Gasteiger partial charge in [0.1, 0.15) is 5.69 Å². The van der Waals surface area contributed by atoms with Crippen molar-refractivity contribution in [2.75, 3.05) is 16.3 Å². The van der Waals surface area contributed by atoms with Gasteiger partial charge in [-0.25, -0.2) is 8.42 Å². The van der Waals surface area contributed by atoms with Crippen LogP contribution in [0.25, 0.3) is 32.9 Å². The Labute approximate surface area is 200 Å². The monoisotopic (exact) mass is 490 g/mol. The molecule has 3 aromatic carbocycles. The number of nitrogens with zero attached hydrogens (tertiary/aromatic N) is 1. The first-order valence-corrected chi connectivity index (χ1v) is 12.6. The average molecular weight is 491 g/mol. The van der Waals surface area contributed by atoms with Crippen LogP contribution in [-0.4, -0.2) is 30.5 Å². The fourth-order valence-corrected chi connectivity index (χ4v) is 4.61. The second kappa shape index (κ2) is 8.48. The van der Waals surface area contributed by atoms with Crippen molar-refractivity contribution < 1.29 is 13.2 Å². The number of anilines is 2. The summed E-state index contributed by atoms with van der Waals surface area (Å²) in [5.74, 6) is -0.340. The van der Waals surface area contributed by atoms with Gasteiger partial charge in [-0.15, -0.1) is 0 Å². The van der Waals surface area contributed by atoms with Gasteiger partial charge in [0.15, 0.2) is 0 Å². The SMILES string of the molecule is CS(=O)(=O)Nc1ccc2[nH]c(C(=O)Nc3ccc(Cl)c(-c4nccc5ccccc45)c3)cc2c1. The van der Waals surface area contributed by atoms with Crippen LogP contribution in [0.15, 0.2) is 79.0 Å². The summed E-state index contributed by atoms with van der Waals surface area (Å²) in [4.78, 5) is 20.5. The summed E-state index contributed by atoms with van der Waals surface area (Å²) in [6.07, 6.45) is 2.82. The van der Waals surface area contributed by atoms with Crippen LogP contribution in [0.5, 0.6) is 0 Å². The molecule has 5 rings (SSSR count). The van der Waals surface area contributed by atoms with Crippen LogP contribution >= 0.6 is 11.6 Å². The molecule has 0 radical (unpaired) electrons. The van der Waals surface area contributed by atoms with E-state index in [0.717, 1.165) is 22.7 Å². The molecule has 2 aromatic heterocycles. The predicted octanol–water partition coefficient (Wildman–Crippen LogP) is 5.66. The Balaban J connectivity index is 1.45. The second-order valence-electron chi connectivity index (χ2n) is 7.89. The smallest absolute Gasteiger partial charge is 0.272 e. The summed E-state index contributed by atoms with van der Waals surface area (Å²) >= 11 is 6.49. The number of amides is 1. The topological polar surface area (TPSA) is 104 Å². The number of fused-ring (bicyclic) bond motifs is 2. The minimum absolute atomic E-state index is 0.339. The van der Waals surface area contributed by atoms with Gasteiger partial charge in [0.05, 0.1) is 17.0 Å². The van der Waals surface area contributed by atoms with Crippen molar-refractivity contribution in [2.45, 2.75) is 0 Å². The Kier molecular flexibility index (Phi) is 5.47. The number of hydrogen-bond acceptors (Lipinski definition) is 4. The molecule has 0 atom stereocenters. The number of halogens is 1. The molecule has 0 aliphatic carbocycles. The van der Waals surface area contributed by atoms with Crippen molar-refractivity contribution in [1.82, 2.24) is 9.97 Å². The first kappa shape index (κ1) is 21.9. The molecule has 0 aliphatic rings. The van der Waals surface area contributed by atoms with Crippen LogP contribution in [0, 0.1) is 0 Å². The molecule has 0 bridgehead atoms. The van der Waals surface area contributed by atoms with E-state index in [0.29, 0.717) is 38.6 Å². The van der Waals surface area contributed by atoms with Crippen molar-refractivity contribution in [3.8, 4) is 11.3 Å². The number of H-pyrrole nitrogens is 1. The molecule has 2 heterocycles. The van der Waals surface area contributed by atoms with E-state index in [9.17, 15) is 13.2 Å². The first-order chi connectivity index (χ1) is 16.3. The van der Waals surface area contributed by atoms with Gasteiger partial charge in [0.2, 0.25) is 10.0 Å². The number of benzene rings is 3. The van der Waals surface area contributed by atoms with Crippen molar-refractivity contribution in [3.63, 3.8) is 0 Å². The lowest BCUT2D eigenvalue weighted by molar-refractivity contribution is 0.102. The molecule has 7 nitrogen and oxygen atoms in total. The van der Waals surface area contributed by atoms with E-state index in [2.05, 4.69) is 20.0 Å². The van der Waals surface area contributed by atoms with Gasteiger partial charge in [0.25, 0.3) is 5.91 Å². The largest absolute Gasteiger partial charge is 0.351 e. The number of carbonyl (C=O) groups is 1. The highest BCUT2D eigenvalue weighted by Crippen LogP contribution is 2.34. The molecular formula is C25H19ClN4O3S. The third-order valence-corrected chi connectivity index (χ3v) is 6.26. The lowest BCUT2D eigenvalue weighted by Crippen LogP contribution is -2.12. The minimum Gasteiger partial charge on any atom is -0.351 e. The zero-order chi connectivity index (χ0) is 23.9. The molecule has 34 heavy (non-hydrogen) atoms. The van der Waals surface area contributed by atoms with E-state index in [1.807, 2.05) is 30.3 Å². The van der Waals surface area contributed by atoms with Gasteiger partial charge in [-0.3, -0.25) is 14.5 Å². The average Bonchev–Trinajstić information content (AvgIpc) is 3.22. The van der Waals surface area contributed by atoms with Crippen LogP contribution in [-0.2, 0) is 10.0 Å². The predicted molar refractivity (Wildman–Crippen MR) is 137 cm³/mol. The number of hydrogen-bond donors (Lipinski definition) is 3. The van der Waals surface area contributed by atoms with Crippen LogP contribution in [0.3, 0.4) is 0 Å². The summed E-state index contributed by atoms with van der Waals surface area (Å²) < 4.78 is 25.4. The third-order valence-electron chi connectivity index (χ3n) is 5.32. The van der Waals surface area contributed by atoms with E-state index in [-0.39, 0.29) is 5.91 Å². The highest BCUT2D eigenvalue weighted by atomic mass is 35.5. The number of aromatic amines is 1. The standard InChI is InChI=1S/C25H19ClN4O3S/c1-34(32,33)30-18-7-9-22-16(12-18)13-23(29-22)25(31)28-17-6-8-21(26)20(14-17)24-19-5-3-2-4-15(19)10-11-27-24/h2-14,29-30H,1H3,(H,28,31). The van der Waals surface area contributed by atoms with Crippen molar-refractivity contribution in [3.05, 3.63) is 89.7 Å². The van der Waals surface area contributed by atoms with Crippen molar-refractivity contribution in [1.29, 1.82) is 0 Å². The maximum Gasteiger partial charge on any atom is 0.272 e. The fourth-order valence-electron chi connectivity index (χ4n) is 3.85. The minimum atomic E-state index is -3.40. The second-order valence-corrected chi connectivity index (χ2v) is 10.0. The molecule has 3 N–H and O–H groups in total. The highest BCUT2D eigenvalue weighted by molar-refractivity contribution is 7.92. The lowest BCUT2D eigenvalue weighted by Gasteiger charge is -2.10. The quantitative estimate of drug-likeness (QED) is 0.295. The summed E-state index contributed by atoms with van der Waals surface area (Å²) in [5, 5.41) is 6.12. The summed E-state index contributed by atoms with van der Waals surface area (Å²) in [7, 11) is -3.40. The van der Waals surface area contributed by atoms with Gasteiger partial charge in [-0.1, -0.05) is 35.9 Å². The van der Waals surface area contributed by atoms with Crippen LogP contribution in [0.2, 0.25) is 5.02 Å². The Morgan fingerprint density at radius 3 is 2.56 bits per heavy atom. The summed E-state index contributed by atoms with van der Waals surface area (Å²) in [6, 6.07) is 21.8. The molecule has 0 saturated carbocycles. The Bertz CT molecular complexity index is 1670. The number of nitrogens with one attached hydrogen (secondary N) is 3. The van der Waals surface area contributed by atoms with Gasteiger partial charge in [0, 0.05) is 39.4 Å². The van der Waals surface area contributed by atoms with Gasteiger partial charge in [-0.05, 0) is 53.9 Å². The maximum atomic E-state index is 12.9. The normalized spacial score (nSPS) is 11.6. The van der Waals surface area contributed by atoms with Gasteiger partial charge >= 0.3 is 0 Å². The molecular weight excluding hydrogens is 472 g/mol. The molecule has 0 saturated heterocycles. The molecule has 9 heteroatoms. The summed E-state index contributed by atoms with van der Waals surface area (Å²) in [5.41, 5.74) is 3.48. The molecule has 170 valence electrons. The zero-order valence-electron chi connectivity index (χ0n) is 18.0. The fraction of sp³-hybridized carbons (Fsp3) is 0.0400. The van der Waals surface area contributed by atoms with E-state index >= 15 is 0 Å². The molecule has 0 fully saturated rings. The first-order valence-electron chi connectivity index (χ1n) is 10.3. The van der Waals surface area contributed by atoms with Crippen LogP contribution in [0.1, 0.15) is 10.5 Å². The summed E-state index contributed by atoms with van der Waals surface area (Å²) in [6.45, 7) is 0. The third kappa shape index (κ3) is 4.46. The molecule has 5 aromatic rings. The molecule has 0 aliphatic heterocycles. The van der Waals surface area contributed by atoms with Crippen molar-refractivity contribution >= 4 is 60.6 Å². The zero-order valence-corrected chi connectivity index (χ0v) is 19.5.